The summed E-state index contributed by atoms with van der Waals surface area (Å²) in [6.07, 6.45) is 0. The van der Waals surface area contributed by atoms with Crippen molar-refractivity contribution in [3.8, 4) is 0 Å². The van der Waals surface area contributed by atoms with Gasteiger partial charge < -0.3 is 0 Å². The Balaban J connectivity index is 2.54. The molecule has 0 aromatic carbocycles. The van der Waals surface area contributed by atoms with Crippen molar-refractivity contribution < 1.29 is 4.10 Å². The normalized spacial score (nSPS) is 15.0. The topological polar surface area (TPSA) is 20.2 Å². The molecule has 1 atom stereocenters. The molecule has 0 heterocycles. The minimum absolute atomic E-state index is 1.01. The summed E-state index contributed by atoms with van der Waals surface area (Å²) in [7, 11) is 0. The fourth-order valence-corrected chi connectivity index (χ4v) is 0. The van der Waals surface area contributed by atoms with Gasteiger partial charge in [0.25, 0.3) is 0 Å². The second kappa shape index (κ2) is 2.74. The fourth-order valence-electron chi connectivity index (χ4n) is 0. The van der Waals surface area contributed by atoms with Crippen LogP contribution in [0.1, 0.15) is 6.92 Å². The van der Waals surface area contributed by atoms with E-state index in [1.165, 1.54) is 0 Å². The Kier molecular flexibility index (Phi) is 3.02. The van der Waals surface area contributed by atoms with Crippen LogP contribution in [-0.2, 0) is 0 Å². The molecule has 1 unspecified atom stereocenters. The van der Waals surface area contributed by atoms with Crippen molar-refractivity contribution in [2.75, 3.05) is 0 Å². The summed E-state index contributed by atoms with van der Waals surface area (Å²) in [5.41, 5.74) is 1.92. The van der Waals surface area contributed by atoms with E-state index in [2.05, 4.69) is 0 Å². The zero-order chi connectivity index (χ0) is 4.28. The first-order valence-corrected chi connectivity index (χ1v) is 5.71. The maximum absolute atomic E-state index is 8.51. The number of rotatable bonds is 1. The molecule has 0 rings (SSSR count). The monoisotopic (exact) mass is 136 g/mol. The van der Waals surface area contributed by atoms with Crippen molar-refractivity contribution in [2.24, 2.45) is 0 Å². The molecule has 0 aliphatic heterocycles. The Morgan fingerprint density at radius 2 is 2.00 bits per heavy atom. The standard InChI is InChI=1S/C3H9AsO/c1-3-4(2)5/h5H,3H2,1-2H3. The van der Waals surface area contributed by atoms with Crippen molar-refractivity contribution in [3.63, 3.8) is 0 Å². The molecule has 0 bridgehead atoms. The summed E-state index contributed by atoms with van der Waals surface area (Å²) in [6, 6.07) is 0. The molecular formula is C3H9AsO. The SMILES string of the molecule is CC[As](C)O. The molecule has 0 saturated heterocycles. The average Bonchev–Trinajstić information content (AvgIpc) is 1.38. The first-order valence-electron chi connectivity index (χ1n) is 1.67. The van der Waals surface area contributed by atoms with E-state index >= 15 is 0 Å². The predicted molar refractivity (Wildman–Crippen MR) is 24.3 cm³/mol. The van der Waals surface area contributed by atoms with E-state index < -0.39 is 15.0 Å². The van der Waals surface area contributed by atoms with Crippen LogP contribution < -0.4 is 0 Å². The molecule has 0 aliphatic rings. The van der Waals surface area contributed by atoms with Gasteiger partial charge in [-0.1, -0.05) is 0 Å². The average molecular weight is 136 g/mol. The quantitative estimate of drug-likeness (QED) is 0.524. The van der Waals surface area contributed by atoms with Gasteiger partial charge >= 0.3 is 36.9 Å². The van der Waals surface area contributed by atoms with Crippen molar-refractivity contribution in [1.29, 1.82) is 0 Å². The van der Waals surface area contributed by atoms with E-state index in [9.17, 15) is 0 Å². The second-order valence-corrected chi connectivity index (χ2v) is 5.06. The van der Waals surface area contributed by atoms with E-state index in [0.29, 0.717) is 0 Å². The number of hydrogen-bond acceptors (Lipinski definition) is 1. The summed E-state index contributed by atoms with van der Waals surface area (Å²) in [6.45, 7) is 2.01. The zero-order valence-corrected chi connectivity index (χ0v) is 5.48. The van der Waals surface area contributed by atoms with E-state index in [-0.39, 0.29) is 0 Å². The van der Waals surface area contributed by atoms with Crippen molar-refractivity contribution in [1.82, 2.24) is 0 Å². The van der Waals surface area contributed by atoms with Crippen LogP contribution in [0.5, 0.6) is 0 Å². The van der Waals surface area contributed by atoms with E-state index in [4.69, 9.17) is 4.10 Å². The molecule has 0 aromatic heterocycles. The van der Waals surface area contributed by atoms with Crippen LogP contribution in [0.25, 0.3) is 0 Å². The minimum atomic E-state index is -1.20. The summed E-state index contributed by atoms with van der Waals surface area (Å²) >= 11 is -1.20. The van der Waals surface area contributed by atoms with Crippen LogP contribution in [0.15, 0.2) is 0 Å². The molecular weight excluding hydrogens is 127 g/mol. The molecule has 2 heteroatoms. The van der Waals surface area contributed by atoms with Gasteiger partial charge in [0, 0.05) is 0 Å². The van der Waals surface area contributed by atoms with Gasteiger partial charge in [-0.25, -0.2) is 0 Å². The third kappa shape index (κ3) is 4.52. The molecule has 32 valence electrons. The van der Waals surface area contributed by atoms with Crippen LogP contribution >= 0.6 is 0 Å². The Bertz CT molecular complexity index is 20.9. The fraction of sp³-hybridized carbons (Fsp3) is 1.00. The molecule has 0 spiro atoms. The van der Waals surface area contributed by atoms with Crippen molar-refractivity contribution in [2.45, 2.75) is 17.8 Å². The van der Waals surface area contributed by atoms with Gasteiger partial charge in [0.05, 0.1) is 0 Å². The third-order valence-electron chi connectivity index (χ3n) is 0.458. The second-order valence-electron chi connectivity index (χ2n) is 0.974. The Morgan fingerprint density at radius 1 is 1.80 bits per heavy atom. The van der Waals surface area contributed by atoms with Gasteiger partial charge in [0.15, 0.2) is 0 Å². The van der Waals surface area contributed by atoms with Crippen LogP contribution in [0.4, 0.5) is 0 Å². The van der Waals surface area contributed by atoms with Gasteiger partial charge in [0.2, 0.25) is 0 Å². The van der Waals surface area contributed by atoms with Gasteiger partial charge in [0.1, 0.15) is 0 Å². The van der Waals surface area contributed by atoms with Gasteiger partial charge in [-0.3, -0.25) is 0 Å². The van der Waals surface area contributed by atoms with Crippen LogP contribution in [0.2, 0.25) is 10.9 Å². The summed E-state index contributed by atoms with van der Waals surface area (Å²) in [5.74, 6) is 0. The molecule has 5 heavy (non-hydrogen) atoms. The third-order valence-corrected chi connectivity index (χ3v) is 2.38. The first-order chi connectivity index (χ1) is 2.27. The molecule has 0 aliphatic carbocycles. The van der Waals surface area contributed by atoms with E-state index in [1.54, 1.807) is 0 Å². The summed E-state index contributed by atoms with van der Waals surface area (Å²) in [5, 5.41) is 1.01. The first kappa shape index (κ1) is 5.52. The number of hydrogen-bond donors (Lipinski definition) is 1. The Labute approximate surface area is 37.6 Å². The van der Waals surface area contributed by atoms with E-state index in [1.807, 2.05) is 12.6 Å². The Morgan fingerprint density at radius 3 is 2.00 bits per heavy atom. The van der Waals surface area contributed by atoms with Crippen molar-refractivity contribution >= 4 is 15.0 Å². The molecule has 0 saturated carbocycles. The summed E-state index contributed by atoms with van der Waals surface area (Å²) < 4.78 is 8.51. The predicted octanol–water partition coefficient (Wildman–Crippen LogP) is 0.620. The molecule has 1 nitrogen and oxygen atoms in total. The van der Waals surface area contributed by atoms with E-state index in [0.717, 1.165) is 5.21 Å². The van der Waals surface area contributed by atoms with Crippen LogP contribution in [-0.4, -0.2) is 19.1 Å². The molecule has 0 radical (unpaired) electrons. The van der Waals surface area contributed by atoms with Gasteiger partial charge in [-0.15, -0.1) is 0 Å². The van der Waals surface area contributed by atoms with Crippen LogP contribution in [0, 0.1) is 0 Å². The summed E-state index contributed by atoms with van der Waals surface area (Å²) in [4.78, 5) is 0. The molecule has 0 amide bonds. The molecule has 0 fully saturated rings. The molecule has 1 N–H and O–H groups in total. The maximum atomic E-state index is 8.51. The van der Waals surface area contributed by atoms with Crippen molar-refractivity contribution in [3.05, 3.63) is 0 Å². The zero-order valence-electron chi connectivity index (χ0n) is 3.60. The molecule has 0 aromatic rings. The van der Waals surface area contributed by atoms with Crippen LogP contribution in [0.3, 0.4) is 0 Å². The van der Waals surface area contributed by atoms with Gasteiger partial charge in [-0.2, -0.15) is 0 Å². The Hall–Kier alpha value is 0.518. The van der Waals surface area contributed by atoms with Gasteiger partial charge in [-0.05, 0) is 0 Å².